The zero-order chi connectivity index (χ0) is 18.7. The molecular formula is C17H20N4O3S2. The zero-order valence-corrected chi connectivity index (χ0v) is 16.1. The van der Waals surface area contributed by atoms with E-state index in [1.807, 2.05) is 31.3 Å². The highest BCUT2D eigenvalue weighted by Gasteiger charge is 2.14. The number of sulfonamides is 1. The SMILES string of the molecule is C[C@H](Cc1c[nH]c2ccccc12)NC(=O)Cc1csc(NS(C)(=O)=O)n1. The summed E-state index contributed by atoms with van der Waals surface area (Å²) in [6.45, 7) is 1.96. The molecule has 0 bridgehead atoms. The molecule has 2 aromatic heterocycles. The van der Waals surface area contributed by atoms with E-state index in [-0.39, 0.29) is 23.5 Å². The summed E-state index contributed by atoms with van der Waals surface area (Å²) in [7, 11) is -3.36. The lowest BCUT2D eigenvalue weighted by molar-refractivity contribution is -0.121. The summed E-state index contributed by atoms with van der Waals surface area (Å²) >= 11 is 1.16. The van der Waals surface area contributed by atoms with Gasteiger partial charge in [0.25, 0.3) is 0 Å². The molecule has 0 aliphatic heterocycles. The molecule has 0 radical (unpaired) electrons. The van der Waals surface area contributed by atoms with Crippen LogP contribution in [0.25, 0.3) is 10.9 Å². The molecule has 3 aromatic rings. The largest absolute Gasteiger partial charge is 0.361 e. The van der Waals surface area contributed by atoms with Gasteiger partial charge < -0.3 is 10.3 Å². The molecule has 0 fully saturated rings. The third kappa shape index (κ3) is 4.83. The van der Waals surface area contributed by atoms with Gasteiger partial charge in [-0.15, -0.1) is 11.3 Å². The van der Waals surface area contributed by atoms with Crippen LogP contribution in [-0.4, -0.2) is 36.6 Å². The molecular weight excluding hydrogens is 372 g/mol. The molecule has 1 aromatic carbocycles. The van der Waals surface area contributed by atoms with Crippen LogP contribution in [0.15, 0.2) is 35.8 Å². The van der Waals surface area contributed by atoms with E-state index >= 15 is 0 Å². The number of hydrogen-bond acceptors (Lipinski definition) is 5. The monoisotopic (exact) mass is 392 g/mol. The number of aromatic nitrogens is 2. The van der Waals surface area contributed by atoms with Gasteiger partial charge in [0.1, 0.15) is 0 Å². The number of rotatable bonds is 7. The highest BCUT2D eigenvalue weighted by atomic mass is 32.2. The number of carbonyl (C=O) groups is 1. The number of aromatic amines is 1. The van der Waals surface area contributed by atoms with Crippen molar-refractivity contribution < 1.29 is 13.2 Å². The summed E-state index contributed by atoms with van der Waals surface area (Å²) in [6, 6.07) is 8.02. The number of nitrogens with zero attached hydrogens (tertiary/aromatic N) is 1. The molecule has 3 rings (SSSR count). The molecule has 0 unspecified atom stereocenters. The van der Waals surface area contributed by atoms with E-state index in [0.717, 1.165) is 34.1 Å². The van der Waals surface area contributed by atoms with Crippen LogP contribution in [-0.2, 0) is 27.7 Å². The van der Waals surface area contributed by atoms with Gasteiger partial charge in [0.2, 0.25) is 15.9 Å². The first kappa shape index (κ1) is 18.4. The summed E-state index contributed by atoms with van der Waals surface area (Å²) in [5.74, 6) is -0.145. The van der Waals surface area contributed by atoms with Crippen molar-refractivity contribution in [2.24, 2.45) is 0 Å². The van der Waals surface area contributed by atoms with E-state index in [2.05, 4.69) is 26.1 Å². The fourth-order valence-corrected chi connectivity index (χ4v) is 4.33. The molecule has 0 saturated carbocycles. The minimum atomic E-state index is -3.36. The number of benzene rings is 1. The van der Waals surface area contributed by atoms with E-state index in [1.165, 1.54) is 0 Å². The summed E-state index contributed by atoms with van der Waals surface area (Å²) in [4.78, 5) is 19.6. The third-order valence-electron chi connectivity index (χ3n) is 3.77. The van der Waals surface area contributed by atoms with E-state index in [9.17, 15) is 13.2 Å². The first-order valence-electron chi connectivity index (χ1n) is 8.07. The number of amides is 1. The standard InChI is InChI=1S/C17H20N4O3S2/c1-11(7-12-9-18-15-6-4-3-5-14(12)15)19-16(22)8-13-10-25-17(20-13)21-26(2,23)24/h3-6,9-11,18H,7-8H2,1-2H3,(H,19,22)(H,20,21)/t11-/m1/s1. The summed E-state index contributed by atoms with van der Waals surface area (Å²) in [5, 5.41) is 6.06. The lowest BCUT2D eigenvalue weighted by atomic mass is 10.1. The summed E-state index contributed by atoms with van der Waals surface area (Å²) in [6.07, 6.45) is 3.86. The van der Waals surface area contributed by atoms with Crippen LogP contribution in [0.5, 0.6) is 0 Å². The molecule has 1 atom stereocenters. The van der Waals surface area contributed by atoms with Gasteiger partial charge >= 0.3 is 0 Å². The Hall–Kier alpha value is -2.39. The van der Waals surface area contributed by atoms with Gasteiger partial charge in [-0.1, -0.05) is 18.2 Å². The second-order valence-electron chi connectivity index (χ2n) is 6.23. The molecule has 2 heterocycles. The van der Waals surface area contributed by atoms with Crippen LogP contribution >= 0.6 is 11.3 Å². The van der Waals surface area contributed by atoms with E-state index < -0.39 is 10.0 Å². The molecule has 1 amide bonds. The van der Waals surface area contributed by atoms with Crippen LogP contribution in [0.1, 0.15) is 18.2 Å². The van der Waals surface area contributed by atoms with Gasteiger partial charge in [0.15, 0.2) is 5.13 Å². The molecule has 138 valence electrons. The molecule has 26 heavy (non-hydrogen) atoms. The van der Waals surface area contributed by atoms with Crippen LogP contribution in [0.3, 0.4) is 0 Å². The number of para-hydroxylation sites is 1. The van der Waals surface area contributed by atoms with Crippen molar-refractivity contribution in [1.29, 1.82) is 0 Å². The maximum atomic E-state index is 12.2. The average molecular weight is 393 g/mol. The van der Waals surface area contributed by atoms with E-state index in [0.29, 0.717) is 12.1 Å². The van der Waals surface area contributed by atoms with Gasteiger partial charge in [0.05, 0.1) is 18.4 Å². The van der Waals surface area contributed by atoms with Gasteiger partial charge in [-0.05, 0) is 25.0 Å². The zero-order valence-electron chi connectivity index (χ0n) is 14.4. The molecule has 3 N–H and O–H groups in total. The van der Waals surface area contributed by atoms with Crippen LogP contribution < -0.4 is 10.0 Å². The van der Waals surface area contributed by atoms with Gasteiger partial charge in [-0.25, -0.2) is 13.4 Å². The Morgan fingerprint density at radius 2 is 2.12 bits per heavy atom. The number of H-pyrrole nitrogens is 1. The van der Waals surface area contributed by atoms with Crippen LogP contribution in [0.2, 0.25) is 0 Å². The highest BCUT2D eigenvalue weighted by molar-refractivity contribution is 7.92. The fourth-order valence-electron chi connectivity index (χ4n) is 2.77. The number of carbonyl (C=O) groups excluding carboxylic acids is 1. The second-order valence-corrected chi connectivity index (χ2v) is 8.83. The lowest BCUT2D eigenvalue weighted by Crippen LogP contribution is -2.35. The number of fused-ring (bicyclic) bond motifs is 1. The maximum Gasteiger partial charge on any atom is 0.231 e. The third-order valence-corrected chi connectivity index (χ3v) is 5.27. The predicted octanol–water partition coefficient (Wildman–Crippen LogP) is 2.29. The minimum absolute atomic E-state index is 0.0334. The Bertz CT molecular complexity index is 1020. The molecule has 0 aliphatic rings. The second kappa shape index (κ2) is 7.46. The van der Waals surface area contributed by atoms with Crippen molar-refractivity contribution in [3.63, 3.8) is 0 Å². The Labute approximate surface area is 155 Å². The summed E-state index contributed by atoms with van der Waals surface area (Å²) < 4.78 is 24.7. The Kier molecular flexibility index (Phi) is 5.28. The van der Waals surface area contributed by atoms with E-state index in [1.54, 1.807) is 5.38 Å². The van der Waals surface area contributed by atoms with Crippen molar-refractivity contribution in [2.75, 3.05) is 11.0 Å². The first-order chi connectivity index (χ1) is 12.3. The number of nitrogens with one attached hydrogen (secondary N) is 3. The number of thiazole rings is 1. The predicted molar refractivity (Wildman–Crippen MR) is 104 cm³/mol. The Morgan fingerprint density at radius 1 is 1.35 bits per heavy atom. The van der Waals surface area contributed by atoms with Crippen LogP contribution in [0.4, 0.5) is 5.13 Å². The highest BCUT2D eigenvalue weighted by Crippen LogP contribution is 2.19. The van der Waals surface area contributed by atoms with Crippen molar-refractivity contribution in [3.05, 3.63) is 47.1 Å². The smallest absolute Gasteiger partial charge is 0.231 e. The van der Waals surface area contributed by atoms with Crippen molar-refractivity contribution >= 4 is 43.3 Å². The Morgan fingerprint density at radius 3 is 2.88 bits per heavy atom. The molecule has 0 spiro atoms. The van der Waals surface area contributed by atoms with Crippen molar-refractivity contribution in [1.82, 2.24) is 15.3 Å². The minimum Gasteiger partial charge on any atom is -0.361 e. The van der Waals surface area contributed by atoms with Crippen molar-refractivity contribution in [3.8, 4) is 0 Å². The molecule has 0 saturated heterocycles. The van der Waals surface area contributed by atoms with Crippen LogP contribution in [0, 0.1) is 0 Å². The number of hydrogen-bond donors (Lipinski definition) is 3. The Balaban J connectivity index is 1.56. The number of anilines is 1. The van der Waals surface area contributed by atoms with Crippen molar-refractivity contribution in [2.45, 2.75) is 25.8 Å². The van der Waals surface area contributed by atoms with E-state index in [4.69, 9.17) is 0 Å². The summed E-state index contributed by atoms with van der Waals surface area (Å²) in [5.41, 5.74) is 2.77. The quantitative estimate of drug-likeness (QED) is 0.574. The van der Waals surface area contributed by atoms with Gasteiger partial charge in [0, 0.05) is 28.5 Å². The fraction of sp³-hybridized carbons (Fsp3) is 0.294. The normalized spacial score (nSPS) is 12.8. The lowest BCUT2D eigenvalue weighted by Gasteiger charge is -2.13. The van der Waals surface area contributed by atoms with Gasteiger partial charge in [-0.2, -0.15) is 0 Å². The molecule has 7 nitrogen and oxygen atoms in total. The molecule has 9 heteroatoms. The molecule has 0 aliphatic carbocycles. The first-order valence-corrected chi connectivity index (χ1v) is 10.8. The topological polar surface area (TPSA) is 104 Å². The maximum absolute atomic E-state index is 12.2. The van der Waals surface area contributed by atoms with Gasteiger partial charge in [-0.3, -0.25) is 9.52 Å². The average Bonchev–Trinajstić information content (AvgIpc) is 3.13.